The number of ether oxygens (including phenoxy) is 4. The lowest BCUT2D eigenvalue weighted by Crippen LogP contribution is -2.60. The molecule has 0 bridgehead atoms. The second-order valence-electron chi connectivity index (χ2n) is 16.1. The van der Waals surface area contributed by atoms with Crippen LogP contribution in [0.15, 0.2) is 0 Å². The summed E-state index contributed by atoms with van der Waals surface area (Å²) in [4.78, 5) is 0. The summed E-state index contributed by atoms with van der Waals surface area (Å²) in [6.07, 6.45) is 4.76. The Kier molecular flexibility index (Phi) is 9.11. The second kappa shape index (κ2) is 12.0. The first-order valence-electron chi connectivity index (χ1n) is 17.2. The zero-order valence-electron chi connectivity index (χ0n) is 26.9. The van der Waals surface area contributed by atoms with Crippen molar-refractivity contribution in [2.75, 3.05) is 20.3 Å². The second-order valence-corrected chi connectivity index (χ2v) is 16.1. The monoisotopic (exact) mass is 610 g/mol. The van der Waals surface area contributed by atoms with E-state index >= 15 is 0 Å². The molecule has 6 rings (SSSR count). The third-order valence-electron chi connectivity index (χ3n) is 14.1. The number of rotatable bonds is 8. The topological polar surface area (TPSA) is 138 Å². The number of aliphatic hydroxyl groups excluding tert-OH is 5. The van der Waals surface area contributed by atoms with Crippen molar-refractivity contribution in [2.24, 2.45) is 46.3 Å². The van der Waals surface area contributed by atoms with Crippen molar-refractivity contribution in [3.05, 3.63) is 0 Å². The lowest BCUT2D eigenvalue weighted by Gasteiger charge is -2.61. The molecule has 9 heteroatoms. The number of hydrogen-bond acceptors (Lipinski definition) is 9. The summed E-state index contributed by atoms with van der Waals surface area (Å²) in [5.41, 5.74) is 0.128. The quantitative estimate of drug-likeness (QED) is 0.263. The molecule has 6 fully saturated rings. The third kappa shape index (κ3) is 5.16. The predicted molar refractivity (Wildman–Crippen MR) is 159 cm³/mol. The van der Waals surface area contributed by atoms with Gasteiger partial charge in [0, 0.05) is 19.6 Å². The van der Waals surface area contributed by atoms with Gasteiger partial charge in [0.2, 0.25) is 0 Å². The molecular weight excluding hydrogens is 552 g/mol. The van der Waals surface area contributed by atoms with E-state index in [1.54, 1.807) is 0 Å². The standard InChI is InChI=1S/C34H58O9/c1-18(16-35)6-9-26-34(4,40-5)30-24(42-26)15-23-21-8-7-19-14-20(10-12-32(19,2)22(21)11-13-33(23,30)3)41-31-29(39)28(38)27(37)25(17-36)43-31/h18-31,35-39H,6-17H2,1-5H3/t18-,19+,20+,21-,22+,23+,24+,25-,26?,27-,28+,29-,30+,31-,32+,33+,34-/m1/s1. The highest BCUT2D eigenvalue weighted by molar-refractivity contribution is 5.18. The molecule has 0 aromatic rings. The van der Waals surface area contributed by atoms with E-state index in [1.807, 2.05) is 7.11 Å². The van der Waals surface area contributed by atoms with Crippen LogP contribution in [0.2, 0.25) is 0 Å². The molecular formula is C34H58O9. The van der Waals surface area contributed by atoms with Gasteiger partial charge in [-0.2, -0.15) is 0 Å². The van der Waals surface area contributed by atoms with Crippen molar-refractivity contribution in [3.8, 4) is 0 Å². The molecule has 2 aliphatic heterocycles. The van der Waals surface area contributed by atoms with Gasteiger partial charge in [-0.25, -0.2) is 0 Å². The zero-order chi connectivity index (χ0) is 30.9. The van der Waals surface area contributed by atoms with E-state index < -0.39 is 37.3 Å². The van der Waals surface area contributed by atoms with Crippen molar-refractivity contribution in [1.82, 2.24) is 0 Å². The summed E-state index contributed by atoms with van der Waals surface area (Å²) in [5.74, 6) is 3.18. The van der Waals surface area contributed by atoms with Crippen LogP contribution < -0.4 is 0 Å². The summed E-state index contributed by atoms with van der Waals surface area (Å²) in [7, 11) is 1.87. The van der Waals surface area contributed by atoms with E-state index in [0.717, 1.165) is 44.9 Å². The molecule has 4 saturated carbocycles. The maximum atomic E-state index is 10.5. The minimum Gasteiger partial charge on any atom is -0.396 e. The molecule has 0 aromatic heterocycles. The van der Waals surface area contributed by atoms with E-state index in [9.17, 15) is 25.5 Å². The minimum atomic E-state index is -1.41. The molecule has 2 saturated heterocycles. The molecule has 0 spiro atoms. The summed E-state index contributed by atoms with van der Waals surface area (Å²) >= 11 is 0. The smallest absolute Gasteiger partial charge is 0.186 e. The fourth-order valence-corrected chi connectivity index (χ4v) is 11.5. The Hall–Kier alpha value is -0.360. The largest absolute Gasteiger partial charge is 0.396 e. The first-order chi connectivity index (χ1) is 20.4. The number of hydrogen-bond donors (Lipinski definition) is 5. The van der Waals surface area contributed by atoms with Crippen molar-refractivity contribution in [1.29, 1.82) is 0 Å². The first kappa shape index (κ1) is 32.6. The van der Waals surface area contributed by atoms with Crippen LogP contribution in [0.1, 0.15) is 91.9 Å². The molecule has 248 valence electrons. The Labute approximate surface area is 257 Å². The van der Waals surface area contributed by atoms with Crippen LogP contribution in [0.5, 0.6) is 0 Å². The highest BCUT2D eigenvalue weighted by Gasteiger charge is 2.70. The van der Waals surface area contributed by atoms with Gasteiger partial charge in [-0.15, -0.1) is 0 Å². The number of aliphatic hydroxyl groups is 5. The molecule has 1 unspecified atom stereocenters. The molecule has 0 aromatic carbocycles. The first-order valence-corrected chi connectivity index (χ1v) is 17.2. The normalized spacial score (nSPS) is 55.3. The van der Waals surface area contributed by atoms with Gasteiger partial charge < -0.3 is 44.5 Å². The van der Waals surface area contributed by atoms with Gasteiger partial charge in [0.1, 0.15) is 24.4 Å². The summed E-state index contributed by atoms with van der Waals surface area (Å²) in [6.45, 7) is 9.22. The summed E-state index contributed by atoms with van der Waals surface area (Å²) in [5, 5.41) is 50.1. The Bertz CT molecular complexity index is 980. The van der Waals surface area contributed by atoms with Crippen LogP contribution >= 0.6 is 0 Å². The SMILES string of the molecule is CO[C@]1(C)C(CC[C@@H](C)CO)O[C@H]2C[C@H]3[C@@H]4CC[C@H]5C[C@@H](O[C@@H]6O[C@H](CO)[C@@H](O)[C@H](O)[C@H]6O)CC[C@]5(C)[C@H]4CC[C@]3(C)[C@H]21. The predicted octanol–water partition coefficient (Wildman–Crippen LogP) is 3.02. The van der Waals surface area contributed by atoms with Crippen molar-refractivity contribution in [3.63, 3.8) is 0 Å². The van der Waals surface area contributed by atoms with Crippen LogP contribution in [0.3, 0.4) is 0 Å². The van der Waals surface area contributed by atoms with Crippen LogP contribution in [0.25, 0.3) is 0 Å². The Balaban J connectivity index is 1.13. The molecule has 0 amide bonds. The maximum absolute atomic E-state index is 10.5. The van der Waals surface area contributed by atoms with Crippen LogP contribution in [0, 0.1) is 46.3 Å². The van der Waals surface area contributed by atoms with E-state index in [4.69, 9.17) is 18.9 Å². The Morgan fingerprint density at radius 2 is 1.60 bits per heavy atom. The van der Waals surface area contributed by atoms with Crippen LogP contribution in [-0.4, -0.2) is 100 Å². The average molecular weight is 611 g/mol. The van der Waals surface area contributed by atoms with Gasteiger partial charge in [-0.05, 0) is 112 Å². The van der Waals surface area contributed by atoms with Crippen molar-refractivity contribution < 1.29 is 44.5 Å². The average Bonchev–Trinajstić information content (AvgIpc) is 3.47. The summed E-state index contributed by atoms with van der Waals surface area (Å²) < 4.78 is 25.2. The zero-order valence-corrected chi connectivity index (χ0v) is 26.9. The maximum Gasteiger partial charge on any atom is 0.186 e. The molecule has 17 atom stereocenters. The fraction of sp³-hybridized carbons (Fsp3) is 1.00. The molecule has 6 aliphatic rings. The molecule has 5 N–H and O–H groups in total. The van der Waals surface area contributed by atoms with Gasteiger partial charge in [0.15, 0.2) is 6.29 Å². The minimum absolute atomic E-state index is 0.0734. The Morgan fingerprint density at radius 3 is 2.30 bits per heavy atom. The number of fused-ring (bicyclic) bond motifs is 7. The molecule has 4 aliphatic carbocycles. The van der Waals surface area contributed by atoms with E-state index in [2.05, 4.69) is 27.7 Å². The highest BCUT2D eigenvalue weighted by Crippen LogP contribution is 2.71. The molecule has 2 heterocycles. The van der Waals surface area contributed by atoms with Gasteiger partial charge in [0.05, 0.1) is 30.5 Å². The Morgan fingerprint density at radius 1 is 0.860 bits per heavy atom. The van der Waals surface area contributed by atoms with Gasteiger partial charge >= 0.3 is 0 Å². The van der Waals surface area contributed by atoms with Crippen molar-refractivity contribution in [2.45, 2.75) is 147 Å². The molecule has 9 nitrogen and oxygen atoms in total. The molecule has 0 radical (unpaired) electrons. The van der Waals surface area contributed by atoms with Gasteiger partial charge in [-0.1, -0.05) is 20.8 Å². The fourth-order valence-electron chi connectivity index (χ4n) is 11.5. The van der Waals surface area contributed by atoms with E-state index in [1.165, 1.54) is 19.3 Å². The molecule has 43 heavy (non-hydrogen) atoms. The third-order valence-corrected chi connectivity index (χ3v) is 14.1. The summed E-state index contributed by atoms with van der Waals surface area (Å²) in [6, 6.07) is 0. The van der Waals surface area contributed by atoms with Gasteiger partial charge in [0.25, 0.3) is 0 Å². The van der Waals surface area contributed by atoms with E-state index in [-0.39, 0.29) is 47.3 Å². The lowest BCUT2D eigenvalue weighted by molar-refractivity contribution is -0.316. The number of methoxy groups -OCH3 is 1. The van der Waals surface area contributed by atoms with Crippen LogP contribution in [0.4, 0.5) is 0 Å². The van der Waals surface area contributed by atoms with Crippen molar-refractivity contribution >= 4 is 0 Å². The van der Waals surface area contributed by atoms with Crippen LogP contribution in [-0.2, 0) is 18.9 Å². The van der Waals surface area contributed by atoms with E-state index in [0.29, 0.717) is 29.6 Å². The highest BCUT2D eigenvalue weighted by atomic mass is 16.7. The lowest BCUT2D eigenvalue weighted by atomic mass is 9.44. The van der Waals surface area contributed by atoms with Gasteiger partial charge in [-0.3, -0.25) is 0 Å².